The van der Waals surface area contributed by atoms with E-state index < -0.39 is 0 Å². The van der Waals surface area contributed by atoms with Crippen molar-refractivity contribution < 1.29 is 14.9 Å². The zero-order valence-corrected chi connectivity index (χ0v) is 24.3. The molecule has 4 aliphatic rings. The maximum atomic E-state index is 9.97. The fraction of sp³-hybridized carbons (Fsp3) is 0.586. The van der Waals surface area contributed by atoms with E-state index in [1.54, 1.807) is 13.2 Å². The Bertz CT molecular complexity index is 1050. The van der Waals surface area contributed by atoms with Gasteiger partial charge in [-0.15, -0.1) is 29.4 Å². The van der Waals surface area contributed by atoms with E-state index in [0.29, 0.717) is 18.0 Å². The maximum absolute atomic E-state index is 9.97. The SMILES string of the molecule is Br.CCCN1CC[C@@H]2c3ccc(O)c(O)c3CC[C@@H]21.COc1c(C)ccc2c1CC[C@@H]1NCC[C@H]21.Cl. The van der Waals surface area contributed by atoms with Gasteiger partial charge in [-0.2, -0.15) is 0 Å². The molecule has 0 spiro atoms. The first-order valence-electron chi connectivity index (χ1n) is 13.2. The molecule has 0 bridgehead atoms. The molecule has 6 rings (SSSR count). The average molecular weight is 582 g/mol. The van der Waals surface area contributed by atoms with E-state index in [1.165, 1.54) is 67.6 Å². The number of hydrogen-bond acceptors (Lipinski definition) is 5. The van der Waals surface area contributed by atoms with Crippen LogP contribution in [0.1, 0.15) is 78.7 Å². The second kappa shape index (κ2) is 12.4. The minimum Gasteiger partial charge on any atom is -0.504 e. The highest BCUT2D eigenvalue weighted by Crippen LogP contribution is 2.46. The van der Waals surface area contributed by atoms with E-state index in [9.17, 15) is 10.2 Å². The second-order valence-electron chi connectivity index (χ2n) is 10.5. The standard InChI is InChI=1S/C15H21NO2.C14H19NO.BrH.ClH/c1-2-8-16-9-7-11-10-4-6-14(17)15(18)12(10)3-5-13(11)16;1-9-3-4-10-11-7-8-15-13(11)6-5-12(10)14(9)16-2;;/h4,6,11,13,17-18H,2-3,5,7-9H2,1H3;3-4,11,13,15H,5-8H2,1-2H3;2*1H/t2*11-,13+;;/m11../s1. The number of aryl methyl sites for hydroxylation is 1. The Morgan fingerprint density at radius 1 is 0.972 bits per heavy atom. The van der Waals surface area contributed by atoms with Crippen molar-refractivity contribution in [2.75, 3.05) is 26.7 Å². The predicted octanol–water partition coefficient (Wildman–Crippen LogP) is 6.01. The van der Waals surface area contributed by atoms with Gasteiger partial charge in [0, 0.05) is 29.5 Å². The largest absolute Gasteiger partial charge is 0.504 e. The number of ether oxygens (including phenoxy) is 1. The van der Waals surface area contributed by atoms with Gasteiger partial charge < -0.3 is 20.3 Å². The van der Waals surface area contributed by atoms with Crippen LogP contribution in [0.5, 0.6) is 17.2 Å². The lowest BCUT2D eigenvalue weighted by Crippen LogP contribution is -2.35. The smallest absolute Gasteiger partial charge is 0.160 e. The number of hydrogen-bond donors (Lipinski definition) is 3. The van der Waals surface area contributed by atoms with Crippen molar-refractivity contribution in [3.05, 3.63) is 52.1 Å². The third kappa shape index (κ3) is 5.24. The highest BCUT2D eigenvalue weighted by Gasteiger charge is 2.39. The molecule has 2 aromatic carbocycles. The molecule has 4 atom stereocenters. The highest BCUT2D eigenvalue weighted by atomic mass is 79.9. The summed E-state index contributed by atoms with van der Waals surface area (Å²) in [5.74, 6) is 2.53. The van der Waals surface area contributed by atoms with Gasteiger partial charge in [0.2, 0.25) is 0 Å². The third-order valence-corrected chi connectivity index (χ3v) is 8.71. The molecule has 36 heavy (non-hydrogen) atoms. The molecule has 2 fully saturated rings. The number of fused-ring (bicyclic) bond motifs is 6. The number of nitrogens with zero attached hydrogens (tertiary/aromatic N) is 1. The van der Waals surface area contributed by atoms with E-state index in [-0.39, 0.29) is 40.9 Å². The van der Waals surface area contributed by atoms with Crippen LogP contribution >= 0.6 is 29.4 Å². The summed E-state index contributed by atoms with van der Waals surface area (Å²) in [5.41, 5.74) is 6.51. The molecule has 0 saturated carbocycles. The molecule has 3 N–H and O–H groups in total. The molecule has 0 amide bonds. The minimum atomic E-state index is 0. The number of likely N-dealkylation sites (tertiary alicyclic amines) is 1. The van der Waals surface area contributed by atoms with Gasteiger partial charge in [0.1, 0.15) is 5.75 Å². The normalized spacial score (nSPS) is 25.6. The summed E-state index contributed by atoms with van der Waals surface area (Å²) in [6.07, 6.45) is 8.08. The highest BCUT2D eigenvalue weighted by molar-refractivity contribution is 8.93. The van der Waals surface area contributed by atoms with Gasteiger partial charge in [-0.1, -0.05) is 25.1 Å². The van der Waals surface area contributed by atoms with Crippen LogP contribution in [0, 0.1) is 6.92 Å². The molecule has 200 valence electrons. The Labute approximate surface area is 232 Å². The number of methoxy groups -OCH3 is 1. The first kappa shape index (κ1) is 29.1. The summed E-state index contributed by atoms with van der Waals surface area (Å²) < 4.78 is 5.57. The van der Waals surface area contributed by atoms with Crippen LogP contribution in [0.3, 0.4) is 0 Å². The summed E-state index contributed by atoms with van der Waals surface area (Å²) in [6.45, 7) is 7.89. The van der Waals surface area contributed by atoms with E-state index in [0.717, 1.165) is 36.5 Å². The summed E-state index contributed by atoms with van der Waals surface area (Å²) >= 11 is 0. The van der Waals surface area contributed by atoms with Crippen molar-refractivity contribution >= 4 is 29.4 Å². The van der Waals surface area contributed by atoms with Crippen molar-refractivity contribution in [2.24, 2.45) is 0 Å². The summed E-state index contributed by atoms with van der Waals surface area (Å²) in [4.78, 5) is 2.59. The molecule has 7 heteroatoms. The Morgan fingerprint density at radius 3 is 2.44 bits per heavy atom. The van der Waals surface area contributed by atoms with Crippen LogP contribution in [0.4, 0.5) is 0 Å². The first-order valence-corrected chi connectivity index (χ1v) is 13.2. The second-order valence-corrected chi connectivity index (χ2v) is 10.5. The van der Waals surface area contributed by atoms with Gasteiger partial charge in [-0.3, -0.25) is 4.90 Å². The Hall–Kier alpha value is -1.47. The number of benzene rings is 2. The van der Waals surface area contributed by atoms with Gasteiger partial charge >= 0.3 is 0 Å². The number of aromatic hydroxyl groups is 2. The monoisotopic (exact) mass is 580 g/mol. The first-order chi connectivity index (χ1) is 16.5. The molecule has 2 heterocycles. The zero-order valence-electron chi connectivity index (χ0n) is 21.8. The quantitative estimate of drug-likeness (QED) is 0.388. The molecular formula is C29H42BrClN2O3. The molecular weight excluding hydrogens is 540 g/mol. The van der Waals surface area contributed by atoms with Gasteiger partial charge in [-0.05, 0) is 99.8 Å². The molecule has 0 radical (unpaired) electrons. The van der Waals surface area contributed by atoms with Crippen LogP contribution in [0.2, 0.25) is 0 Å². The predicted molar refractivity (Wildman–Crippen MR) is 154 cm³/mol. The maximum Gasteiger partial charge on any atom is 0.160 e. The van der Waals surface area contributed by atoms with Gasteiger partial charge in [-0.25, -0.2) is 0 Å². The number of nitrogens with one attached hydrogen (secondary N) is 1. The van der Waals surface area contributed by atoms with Crippen molar-refractivity contribution in [3.8, 4) is 17.2 Å². The van der Waals surface area contributed by atoms with Crippen LogP contribution in [-0.4, -0.2) is 53.9 Å². The Balaban J connectivity index is 0.000000191. The topological polar surface area (TPSA) is 65.0 Å². The molecule has 2 aliphatic carbocycles. The van der Waals surface area contributed by atoms with E-state index in [1.807, 2.05) is 6.07 Å². The lowest BCUT2D eigenvalue weighted by Gasteiger charge is -2.33. The molecule has 2 aliphatic heterocycles. The number of halogens is 2. The van der Waals surface area contributed by atoms with Gasteiger partial charge in [0.05, 0.1) is 7.11 Å². The summed E-state index contributed by atoms with van der Waals surface area (Å²) in [6, 6.07) is 9.52. The van der Waals surface area contributed by atoms with Crippen molar-refractivity contribution in [1.82, 2.24) is 10.2 Å². The third-order valence-electron chi connectivity index (χ3n) is 8.71. The molecule has 0 aromatic heterocycles. The summed E-state index contributed by atoms with van der Waals surface area (Å²) in [7, 11) is 1.79. The van der Waals surface area contributed by atoms with E-state index in [2.05, 4.69) is 36.2 Å². The van der Waals surface area contributed by atoms with Crippen molar-refractivity contribution in [3.63, 3.8) is 0 Å². The molecule has 2 saturated heterocycles. The van der Waals surface area contributed by atoms with Crippen molar-refractivity contribution in [2.45, 2.75) is 82.7 Å². The molecule has 5 nitrogen and oxygen atoms in total. The minimum absolute atomic E-state index is 0. The van der Waals surface area contributed by atoms with Crippen LogP contribution < -0.4 is 10.1 Å². The fourth-order valence-corrected chi connectivity index (χ4v) is 7.16. The van der Waals surface area contributed by atoms with Crippen LogP contribution in [0.25, 0.3) is 0 Å². The van der Waals surface area contributed by atoms with Gasteiger partial charge in [0.15, 0.2) is 11.5 Å². The molecule has 2 aromatic rings. The Kier molecular flexibility index (Phi) is 10.0. The van der Waals surface area contributed by atoms with Crippen LogP contribution in [-0.2, 0) is 12.8 Å². The average Bonchev–Trinajstić information content (AvgIpc) is 3.49. The fourth-order valence-electron chi connectivity index (χ4n) is 7.16. The number of phenols is 2. The van der Waals surface area contributed by atoms with Crippen LogP contribution in [0.15, 0.2) is 24.3 Å². The Morgan fingerprint density at radius 2 is 1.69 bits per heavy atom. The number of phenolic OH excluding ortho intramolecular Hbond substituents is 2. The summed E-state index contributed by atoms with van der Waals surface area (Å²) in [5, 5.41) is 23.2. The van der Waals surface area contributed by atoms with Gasteiger partial charge in [0.25, 0.3) is 0 Å². The lowest BCUT2D eigenvalue weighted by molar-refractivity contribution is 0.226. The zero-order chi connectivity index (χ0) is 23.8. The lowest BCUT2D eigenvalue weighted by atomic mass is 9.79. The molecule has 0 unspecified atom stereocenters. The van der Waals surface area contributed by atoms with E-state index >= 15 is 0 Å². The van der Waals surface area contributed by atoms with E-state index in [4.69, 9.17) is 4.74 Å². The van der Waals surface area contributed by atoms with Crippen molar-refractivity contribution in [1.29, 1.82) is 0 Å². The number of rotatable bonds is 3.